The molecule has 0 aliphatic carbocycles. The van der Waals surface area contributed by atoms with Gasteiger partial charge < -0.3 is 4.90 Å². The molecule has 2 unspecified atom stereocenters. The third kappa shape index (κ3) is 2.61. The van der Waals surface area contributed by atoms with Crippen LogP contribution in [0, 0.1) is 30.1 Å². The number of nitriles is 1. The maximum atomic E-state index is 8.88. The first-order valence-electron chi connectivity index (χ1n) is 6.36. The molecule has 2 atom stereocenters. The molecule has 1 aliphatic heterocycles. The van der Waals surface area contributed by atoms with Crippen LogP contribution in [0.2, 0.25) is 0 Å². The summed E-state index contributed by atoms with van der Waals surface area (Å²) < 4.78 is 0. The van der Waals surface area contributed by atoms with E-state index in [0.717, 1.165) is 30.5 Å². The first kappa shape index (κ1) is 12.0. The summed E-state index contributed by atoms with van der Waals surface area (Å²) in [5.74, 6) is 1.52. The van der Waals surface area contributed by atoms with Crippen molar-refractivity contribution in [1.29, 1.82) is 5.26 Å². The summed E-state index contributed by atoms with van der Waals surface area (Å²) in [4.78, 5) is 2.47. The number of aryl methyl sites for hydroxylation is 1. The second-order valence-corrected chi connectivity index (χ2v) is 5.46. The highest BCUT2D eigenvalue weighted by Gasteiger charge is 2.22. The summed E-state index contributed by atoms with van der Waals surface area (Å²) in [6, 6.07) is 8.20. The number of nitrogens with zero attached hydrogens (tertiary/aromatic N) is 2. The molecule has 0 bridgehead atoms. The lowest BCUT2D eigenvalue weighted by atomic mass is 9.91. The number of anilines is 1. The molecular weight excluding hydrogens is 208 g/mol. The largest absolute Gasteiger partial charge is 0.371 e. The van der Waals surface area contributed by atoms with E-state index in [2.05, 4.69) is 37.8 Å². The second kappa shape index (κ2) is 4.79. The van der Waals surface area contributed by atoms with Gasteiger partial charge in [0.05, 0.1) is 11.6 Å². The van der Waals surface area contributed by atoms with Gasteiger partial charge in [0.25, 0.3) is 0 Å². The number of rotatable bonds is 1. The Morgan fingerprint density at radius 2 is 1.88 bits per heavy atom. The Morgan fingerprint density at radius 3 is 2.41 bits per heavy atom. The molecule has 0 saturated carbocycles. The van der Waals surface area contributed by atoms with E-state index in [1.54, 1.807) is 0 Å². The molecule has 0 amide bonds. The summed E-state index contributed by atoms with van der Waals surface area (Å²) in [6.07, 6.45) is 1.33. The van der Waals surface area contributed by atoms with Crippen LogP contribution in [0.3, 0.4) is 0 Å². The Morgan fingerprint density at radius 1 is 1.24 bits per heavy atom. The second-order valence-electron chi connectivity index (χ2n) is 5.46. The number of hydrogen-bond donors (Lipinski definition) is 0. The van der Waals surface area contributed by atoms with Crippen molar-refractivity contribution in [3.05, 3.63) is 29.3 Å². The molecule has 1 heterocycles. The number of hydrogen-bond acceptors (Lipinski definition) is 2. The average molecular weight is 228 g/mol. The monoisotopic (exact) mass is 228 g/mol. The highest BCUT2D eigenvalue weighted by molar-refractivity contribution is 5.56. The van der Waals surface area contributed by atoms with Crippen LogP contribution in [0.4, 0.5) is 5.69 Å². The Bertz CT molecular complexity index is 435. The fourth-order valence-corrected chi connectivity index (χ4v) is 2.94. The molecule has 90 valence electrons. The van der Waals surface area contributed by atoms with E-state index in [9.17, 15) is 0 Å². The third-order valence-corrected chi connectivity index (χ3v) is 3.54. The molecule has 0 radical (unpaired) electrons. The predicted octanol–water partition coefficient (Wildman–Crippen LogP) is 3.35. The zero-order valence-electron chi connectivity index (χ0n) is 10.9. The Kier molecular flexibility index (Phi) is 3.38. The zero-order valence-corrected chi connectivity index (χ0v) is 10.9. The number of piperidine rings is 1. The summed E-state index contributed by atoms with van der Waals surface area (Å²) in [5, 5.41) is 8.88. The van der Waals surface area contributed by atoms with Crippen molar-refractivity contribution in [1.82, 2.24) is 0 Å². The standard InChI is InChI=1S/C15H20N2/c1-11-6-12(2)10-17(9-11)15-5-4-14(8-16)7-13(15)3/h4-5,7,11-12H,6,9-10H2,1-3H3. The molecule has 0 aromatic heterocycles. The van der Waals surface area contributed by atoms with Gasteiger partial charge in [-0.05, 0) is 48.9 Å². The SMILES string of the molecule is Cc1cc(C#N)ccc1N1CC(C)CC(C)C1. The molecule has 1 saturated heterocycles. The van der Waals surface area contributed by atoms with Crippen molar-refractivity contribution in [3.63, 3.8) is 0 Å². The lowest BCUT2D eigenvalue weighted by Crippen LogP contribution is -2.39. The maximum absolute atomic E-state index is 8.88. The van der Waals surface area contributed by atoms with Gasteiger partial charge in [0, 0.05) is 18.8 Å². The topological polar surface area (TPSA) is 27.0 Å². The molecule has 2 heteroatoms. The quantitative estimate of drug-likeness (QED) is 0.737. The molecule has 1 fully saturated rings. The third-order valence-electron chi connectivity index (χ3n) is 3.54. The summed E-state index contributed by atoms with van der Waals surface area (Å²) in [5.41, 5.74) is 3.26. The first-order valence-corrected chi connectivity index (χ1v) is 6.36. The van der Waals surface area contributed by atoms with E-state index in [0.29, 0.717) is 0 Å². The Hall–Kier alpha value is -1.49. The highest BCUT2D eigenvalue weighted by Crippen LogP contribution is 2.28. The fourth-order valence-electron chi connectivity index (χ4n) is 2.94. The molecule has 1 aliphatic rings. The Labute approximate surface area is 104 Å². The van der Waals surface area contributed by atoms with Gasteiger partial charge in [-0.2, -0.15) is 5.26 Å². The summed E-state index contributed by atoms with van der Waals surface area (Å²) in [6.45, 7) is 9.01. The van der Waals surface area contributed by atoms with Gasteiger partial charge in [0.2, 0.25) is 0 Å². The van der Waals surface area contributed by atoms with Crippen LogP contribution in [0.1, 0.15) is 31.4 Å². The van der Waals surface area contributed by atoms with Crippen molar-refractivity contribution < 1.29 is 0 Å². The molecule has 2 rings (SSSR count). The van der Waals surface area contributed by atoms with Crippen molar-refractivity contribution in [2.45, 2.75) is 27.2 Å². The van der Waals surface area contributed by atoms with Crippen LogP contribution in [-0.2, 0) is 0 Å². The predicted molar refractivity (Wildman–Crippen MR) is 71.1 cm³/mol. The van der Waals surface area contributed by atoms with E-state index in [4.69, 9.17) is 5.26 Å². The zero-order chi connectivity index (χ0) is 12.4. The van der Waals surface area contributed by atoms with Crippen molar-refractivity contribution >= 4 is 5.69 Å². The van der Waals surface area contributed by atoms with Crippen molar-refractivity contribution in [2.24, 2.45) is 11.8 Å². The molecule has 0 spiro atoms. The van der Waals surface area contributed by atoms with E-state index in [1.807, 2.05) is 12.1 Å². The molecule has 0 N–H and O–H groups in total. The molecule has 2 nitrogen and oxygen atoms in total. The minimum absolute atomic E-state index is 0.754. The lowest BCUT2D eigenvalue weighted by Gasteiger charge is -2.37. The van der Waals surface area contributed by atoms with Crippen LogP contribution in [-0.4, -0.2) is 13.1 Å². The van der Waals surface area contributed by atoms with Crippen LogP contribution >= 0.6 is 0 Å². The van der Waals surface area contributed by atoms with Crippen molar-refractivity contribution in [3.8, 4) is 6.07 Å². The smallest absolute Gasteiger partial charge is 0.0991 e. The van der Waals surface area contributed by atoms with Crippen LogP contribution < -0.4 is 4.90 Å². The van der Waals surface area contributed by atoms with Crippen LogP contribution in [0.25, 0.3) is 0 Å². The maximum Gasteiger partial charge on any atom is 0.0991 e. The van der Waals surface area contributed by atoms with Gasteiger partial charge in [-0.1, -0.05) is 13.8 Å². The minimum Gasteiger partial charge on any atom is -0.371 e. The normalized spacial score (nSPS) is 24.5. The van der Waals surface area contributed by atoms with Crippen molar-refractivity contribution in [2.75, 3.05) is 18.0 Å². The number of benzene rings is 1. The van der Waals surface area contributed by atoms with Gasteiger partial charge in [-0.15, -0.1) is 0 Å². The van der Waals surface area contributed by atoms with Crippen LogP contribution in [0.15, 0.2) is 18.2 Å². The van der Waals surface area contributed by atoms with Gasteiger partial charge in [-0.3, -0.25) is 0 Å². The average Bonchev–Trinajstić information content (AvgIpc) is 2.27. The molecule has 1 aromatic carbocycles. The Balaban J connectivity index is 2.25. The first-order chi connectivity index (χ1) is 8.10. The molecule has 1 aromatic rings. The minimum atomic E-state index is 0.754. The van der Waals surface area contributed by atoms with Gasteiger partial charge >= 0.3 is 0 Å². The van der Waals surface area contributed by atoms with Crippen LogP contribution in [0.5, 0.6) is 0 Å². The summed E-state index contributed by atoms with van der Waals surface area (Å²) in [7, 11) is 0. The van der Waals surface area contributed by atoms with E-state index in [1.165, 1.54) is 17.7 Å². The van der Waals surface area contributed by atoms with E-state index < -0.39 is 0 Å². The van der Waals surface area contributed by atoms with E-state index >= 15 is 0 Å². The lowest BCUT2D eigenvalue weighted by molar-refractivity contribution is 0.356. The highest BCUT2D eigenvalue weighted by atomic mass is 15.1. The fraction of sp³-hybridized carbons (Fsp3) is 0.533. The summed E-state index contributed by atoms with van der Waals surface area (Å²) >= 11 is 0. The molecule has 17 heavy (non-hydrogen) atoms. The van der Waals surface area contributed by atoms with Gasteiger partial charge in [0.1, 0.15) is 0 Å². The van der Waals surface area contributed by atoms with Gasteiger partial charge in [0.15, 0.2) is 0 Å². The molecular formula is C15H20N2. The van der Waals surface area contributed by atoms with E-state index in [-0.39, 0.29) is 0 Å². The van der Waals surface area contributed by atoms with Gasteiger partial charge in [-0.25, -0.2) is 0 Å².